The number of aliphatic hydroxyl groups excluding tert-OH is 2. The first-order valence-electron chi connectivity index (χ1n) is 4.08. The van der Waals surface area contributed by atoms with E-state index < -0.39 is 0 Å². The van der Waals surface area contributed by atoms with Gasteiger partial charge in [0.2, 0.25) is 0 Å². The molecule has 72 valence electrons. The second-order valence-corrected chi connectivity index (χ2v) is 3.75. The molecule has 0 radical (unpaired) electrons. The van der Waals surface area contributed by atoms with E-state index >= 15 is 0 Å². The van der Waals surface area contributed by atoms with Gasteiger partial charge in [-0.3, -0.25) is 4.98 Å². The van der Waals surface area contributed by atoms with Crippen LogP contribution in [0.15, 0.2) is 17.2 Å². The van der Waals surface area contributed by atoms with E-state index in [1.165, 1.54) is 0 Å². The topological polar surface area (TPSA) is 53.4 Å². The van der Waals surface area contributed by atoms with E-state index in [-0.39, 0.29) is 13.2 Å². The molecule has 0 bridgehead atoms. The summed E-state index contributed by atoms with van der Waals surface area (Å²) in [5, 5.41) is 17.6. The summed E-state index contributed by atoms with van der Waals surface area (Å²) in [5.74, 6) is 0.676. The van der Waals surface area contributed by atoms with Gasteiger partial charge < -0.3 is 10.2 Å². The summed E-state index contributed by atoms with van der Waals surface area (Å²) >= 11 is 1.58. The average Bonchev–Trinajstić information content (AvgIpc) is 2.16. The van der Waals surface area contributed by atoms with Crippen LogP contribution in [-0.4, -0.2) is 27.6 Å². The molecule has 1 rings (SSSR count). The van der Waals surface area contributed by atoms with Gasteiger partial charge in [0.15, 0.2) is 0 Å². The Bertz CT molecular complexity index is 278. The molecule has 1 heterocycles. The molecule has 0 unspecified atom stereocenters. The fourth-order valence-electron chi connectivity index (χ4n) is 1.03. The molecule has 0 atom stereocenters. The molecule has 0 spiro atoms. The molecular formula is C9H13NO2S. The largest absolute Gasteiger partial charge is 0.396 e. The maximum absolute atomic E-state index is 8.95. The Morgan fingerprint density at radius 3 is 2.85 bits per heavy atom. The lowest BCUT2D eigenvalue weighted by Gasteiger charge is -2.06. The van der Waals surface area contributed by atoms with E-state index in [0.717, 1.165) is 10.5 Å². The lowest BCUT2D eigenvalue weighted by molar-refractivity contribution is 0.275. The molecule has 0 saturated heterocycles. The third-order valence-corrected chi connectivity index (χ3v) is 2.90. The van der Waals surface area contributed by atoms with Crippen molar-refractivity contribution in [2.45, 2.75) is 18.4 Å². The van der Waals surface area contributed by atoms with E-state index in [2.05, 4.69) is 4.98 Å². The minimum Gasteiger partial charge on any atom is -0.396 e. The first-order chi connectivity index (χ1) is 6.29. The molecule has 0 saturated carbocycles. The van der Waals surface area contributed by atoms with Crippen LogP contribution in [0.25, 0.3) is 0 Å². The zero-order chi connectivity index (χ0) is 9.68. The van der Waals surface area contributed by atoms with E-state index in [4.69, 9.17) is 10.2 Å². The lowest BCUT2D eigenvalue weighted by Crippen LogP contribution is -1.96. The number of nitrogens with zero attached hydrogens (tertiary/aromatic N) is 1. The van der Waals surface area contributed by atoms with Crippen LogP contribution in [0.1, 0.15) is 11.3 Å². The van der Waals surface area contributed by atoms with E-state index in [9.17, 15) is 0 Å². The first-order valence-corrected chi connectivity index (χ1v) is 5.07. The molecule has 0 fully saturated rings. The second kappa shape index (κ2) is 5.21. The number of hydrogen-bond acceptors (Lipinski definition) is 4. The highest BCUT2D eigenvalue weighted by molar-refractivity contribution is 7.99. The Morgan fingerprint density at radius 2 is 2.23 bits per heavy atom. The van der Waals surface area contributed by atoms with Crippen LogP contribution in [-0.2, 0) is 6.61 Å². The van der Waals surface area contributed by atoms with Gasteiger partial charge in [-0.25, -0.2) is 0 Å². The quantitative estimate of drug-likeness (QED) is 0.709. The van der Waals surface area contributed by atoms with Crippen LogP contribution in [0.2, 0.25) is 0 Å². The fraction of sp³-hybridized carbons (Fsp3) is 0.444. The maximum atomic E-state index is 8.95. The van der Waals surface area contributed by atoms with Gasteiger partial charge in [0.05, 0.1) is 18.9 Å². The highest BCUT2D eigenvalue weighted by Gasteiger charge is 2.03. The van der Waals surface area contributed by atoms with Gasteiger partial charge in [-0.1, -0.05) is 0 Å². The predicted octanol–water partition coefficient (Wildman–Crippen LogP) is 0.967. The minimum atomic E-state index is -0.0284. The average molecular weight is 199 g/mol. The van der Waals surface area contributed by atoms with Gasteiger partial charge in [-0.2, -0.15) is 0 Å². The highest BCUT2D eigenvalue weighted by Crippen LogP contribution is 2.22. The molecule has 0 aromatic carbocycles. The molecule has 0 amide bonds. The zero-order valence-corrected chi connectivity index (χ0v) is 8.34. The SMILES string of the molecule is Cc1c(SCCO)ccnc1CO. The molecule has 1 aromatic heterocycles. The second-order valence-electron chi connectivity index (χ2n) is 2.61. The smallest absolute Gasteiger partial charge is 0.0856 e. The van der Waals surface area contributed by atoms with Crippen LogP contribution in [0, 0.1) is 6.92 Å². The summed E-state index contributed by atoms with van der Waals surface area (Å²) in [7, 11) is 0. The van der Waals surface area contributed by atoms with Crippen molar-refractivity contribution in [1.82, 2.24) is 4.98 Å². The van der Waals surface area contributed by atoms with Gasteiger partial charge in [0.25, 0.3) is 0 Å². The summed E-state index contributed by atoms with van der Waals surface area (Å²) in [6.45, 7) is 2.07. The molecule has 0 aliphatic carbocycles. The van der Waals surface area contributed by atoms with Crippen LogP contribution in [0.4, 0.5) is 0 Å². The first kappa shape index (κ1) is 10.5. The van der Waals surface area contributed by atoms with Crippen molar-refractivity contribution in [3.63, 3.8) is 0 Å². The maximum Gasteiger partial charge on any atom is 0.0856 e. The van der Waals surface area contributed by atoms with Gasteiger partial charge in [-0.15, -0.1) is 11.8 Å². The number of thioether (sulfide) groups is 1. The summed E-state index contributed by atoms with van der Waals surface area (Å²) in [6, 6.07) is 1.90. The fourth-order valence-corrected chi connectivity index (χ4v) is 1.83. The van der Waals surface area contributed by atoms with Crippen molar-refractivity contribution in [3.05, 3.63) is 23.5 Å². The summed E-state index contributed by atoms with van der Waals surface area (Å²) in [6.07, 6.45) is 1.68. The standard InChI is InChI=1S/C9H13NO2S/c1-7-8(6-12)10-3-2-9(7)13-5-4-11/h2-3,11-12H,4-6H2,1H3. The Morgan fingerprint density at radius 1 is 1.46 bits per heavy atom. The normalized spacial score (nSPS) is 10.4. The summed E-state index contributed by atoms with van der Waals surface area (Å²) in [4.78, 5) is 5.12. The molecule has 0 aliphatic heterocycles. The summed E-state index contributed by atoms with van der Waals surface area (Å²) in [5.41, 5.74) is 1.71. The molecule has 2 N–H and O–H groups in total. The van der Waals surface area contributed by atoms with Crippen LogP contribution in [0.3, 0.4) is 0 Å². The lowest BCUT2D eigenvalue weighted by atomic mass is 10.2. The predicted molar refractivity (Wildman–Crippen MR) is 52.7 cm³/mol. The third-order valence-electron chi connectivity index (χ3n) is 1.76. The Labute approximate surface area is 81.8 Å². The van der Waals surface area contributed by atoms with Gasteiger partial charge in [0.1, 0.15) is 0 Å². The third kappa shape index (κ3) is 2.69. The Balaban J connectivity index is 2.81. The van der Waals surface area contributed by atoms with Crippen molar-refractivity contribution in [2.75, 3.05) is 12.4 Å². The molecule has 3 nitrogen and oxygen atoms in total. The van der Waals surface area contributed by atoms with Gasteiger partial charge in [-0.05, 0) is 18.6 Å². The van der Waals surface area contributed by atoms with E-state index in [0.29, 0.717) is 11.4 Å². The van der Waals surface area contributed by atoms with Crippen molar-refractivity contribution < 1.29 is 10.2 Å². The Hall–Kier alpha value is -0.580. The number of pyridine rings is 1. The zero-order valence-electron chi connectivity index (χ0n) is 7.53. The Kier molecular flexibility index (Phi) is 4.21. The van der Waals surface area contributed by atoms with Crippen LogP contribution < -0.4 is 0 Å². The van der Waals surface area contributed by atoms with E-state index in [1.807, 2.05) is 13.0 Å². The van der Waals surface area contributed by atoms with Gasteiger partial charge >= 0.3 is 0 Å². The highest BCUT2D eigenvalue weighted by atomic mass is 32.2. The molecule has 13 heavy (non-hydrogen) atoms. The van der Waals surface area contributed by atoms with Crippen molar-refractivity contribution >= 4 is 11.8 Å². The van der Waals surface area contributed by atoms with Crippen molar-refractivity contribution in [1.29, 1.82) is 0 Å². The van der Waals surface area contributed by atoms with Crippen LogP contribution in [0.5, 0.6) is 0 Å². The molecule has 0 aliphatic rings. The summed E-state index contributed by atoms with van der Waals surface area (Å²) < 4.78 is 0. The molecule has 4 heteroatoms. The molecular weight excluding hydrogens is 186 g/mol. The minimum absolute atomic E-state index is 0.0284. The van der Waals surface area contributed by atoms with Gasteiger partial charge in [0, 0.05) is 16.8 Å². The van der Waals surface area contributed by atoms with E-state index in [1.54, 1.807) is 18.0 Å². The number of rotatable bonds is 4. The monoisotopic (exact) mass is 199 g/mol. The van der Waals surface area contributed by atoms with Crippen LogP contribution >= 0.6 is 11.8 Å². The van der Waals surface area contributed by atoms with Crippen molar-refractivity contribution in [3.8, 4) is 0 Å². The number of aliphatic hydroxyl groups is 2. The molecule has 1 aromatic rings. The number of aromatic nitrogens is 1. The van der Waals surface area contributed by atoms with Crippen molar-refractivity contribution in [2.24, 2.45) is 0 Å². The number of hydrogen-bond donors (Lipinski definition) is 2.